The van der Waals surface area contributed by atoms with Crippen LogP contribution in [0.25, 0.3) is 10.8 Å². The SMILES string of the molecule is C[C@H](N)c1ccc(C(=O)c2cccc3c(=O)[nH]ccc23)c2c1CCCO2. The minimum atomic E-state index is -0.206. The van der Waals surface area contributed by atoms with Crippen LogP contribution in [0.5, 0.6) is 5.75 Å². The van der Waals surface area contributed by atoms with E-state index in [2.05, 4.69) is 4.98 Å². The second-order valence-corrected chi connectivity index (χ2v) is 6.65. The summed E-state index contributed by atoms with van der Waals surface area (Å²) in [6, 6.07) is 10.5. The summed E-state index contributed by atoms with van der Waals surface area (Å²) in [6.07, 6.45) is 3.32. The van der Waals surface area contributed by atoms with Crippen LogP contribution >= 0.6 is 0 Å². The lowest BCUT2D eigenvalue weighted by atomic mass is 9.90. The van der Waals surface area contributed by atoms with E-state index in [0.717, 1.165) is 24.0 Å². The molecule has 0 bridgehead atoms. The number of nitrogens with two attached hydrogens (primary N) is 1. The number of hydrogen-bond donors (Lipinski definition) is 2. The Morgan fingerprint density at radius 3 is 2.81 bits per heavy atom. The fourth-order valence-corrected chi connectivity index (χ4v) is 3.66. The van der Waals surface area contributed by atoms with E-state index in [0.29, 0.717) is 34.3 Å². The highest BCUT2D eigenvalue weighted by atomic mass is 16.5. The Bertz CT molecular complexity index is 1070. The number of benzene rings is 2. The molecule has 3 N–H and O–H groups in total. The molecule has 2 aromatic carbocycles. The molecule has 0 unspecified atom stereocenters. The smallest absolute Gasteiger partial charge is 0.255 e. The van der Waals surface area contributed by atoms with E-state index in [4.69, 9.17) is 10.5 Å². The molecule has 26 heavy (non-hydrogen) atoms. The highest BCUT2D eigenvalue weighted by Crippen LogP contribution is 2.36. The minimum Gasteiger partial charge on any atom is -0.493 e. The highest BCUT2D eigenvalue weighted by molar-refractivity contribution is 6.17. The molecule has 0 saturated carbocycles. The normalized spacial score (nSPS) is 14.5. The first-order valence-electron chi connectivity index (χ1n) is 8.77. The van der Waals surface area contributed by atoms with Crippen molar-refractivity contribution < 1.29 is 9.53 Å². The van der Waals surface area contributed by atoms with Crippen LogP contribution in [-0.2, 0) is 6.42 Å². The summed E-state index contributed by atoms with van der Waals surface area (Å²) in [6.45, 7) is 2.52. The van der Waals surface area contributed by atoms with Crippen molar-refractivity contribution in [1.82, 2.24) is 4.98 Å². The number of aromatic nitrogens is 1. The average Bonchev–Trinajstić information content (AvgIpc) is 2.66. The first-order valence-corrected chi connectivity index (χ1v) is 8.77. The van der Waals surface area contributed by atoms with Gasteiger partial charge in [-0.3, -0.25) is 9.59 Å². The summed E-state index contributed by atoms with van der Waals surface area (Å²) in [4.78, 5) is 28.0. The maximum atomic E-state index is 13.3. The third kappa shape index (κ3) is 2.61. The van der Waals surface area contributed by atoms with E-state index in [1.165, 1.54) is 0 Å². The molecule has 0 fully saturated rings. The van der Waals surface area contributed by atoms with Gasteiger partial charge in [0.1, 0.15) is 5.75 Å². The van der Waals surface area contributed by atoms with Crippen molar-refractivity contribution in [2.24, 2.45) is 5.73 Å². The van der Waals surface area contributed by atoms with Crippen LogP contribution in [0.3, 0.4) is 0 Å². The van der Waals surface area contributed by atoms with Crippen molar-refractivity contribution in [1.29, 1.82) is 0 Å². The van der Waals surface area contributed by atoms with Crippen molar-refractivity contribution in [2.45, 2.75) is 25.8 Å². The minimum absolute atomic E-state index is 0.120. The van der Waals surface area contributed by atoms with Gasteiger partial charge in [-0.25, -0.2) is 0 Å². The lowest BCUT2D eigenvalue weighted by Crippen LogP contribution is -2.18. The van der Waals surface area contributed by atoms with E-state index in [1.54, 1.807) is 36.5 Å². The number of carbonyl (C=O) groups is 1. The number of ketones is 1. The van der Waals surface area contributed by atoms with E-state index in [9.17, 15) is 9.59 Å². The molecule has 1 aliphatic rings. The van der Waals surface area contributed by atoms with Gasteiger partial charge in [-0.2, -0.15) is 0 Å². The van der Waals surface area contributed by atoms with Gasteiger partial charge in [-0.1, -0.05) is 18.2 Å². The third-order valence-electron chi connectivity index (χ3n) is 4.91. The highest BCUT2D eigenvalue weighted by Gasteiger charge is 2.25. The quantitative estimate of drug-likeness (QED) is 0.712. The Kier molecular flexibility index (Phi) is 4.09. The van der Waals surface area contributed by atoms with Crippen molar-refractivity contribution in [3.05, 3.63) is 75.2 Å². The van der Waals surface area contributed by atoms with Crippen molar-refractivity contribution in [3.63, 3.8) is 0 Å². The van der Waals surface area contributed by atoms with Gasteiger partial charge in [0.2, 0.25) is 0 Å². The Morgan fingerprint density at radius 1 is 1.15 bits per heavy atom. The second-order valence-electron chi connectivity index (χ2n) is 6.65. The molecule has 132 valence electrons. The van der Waals surface area contributed by atoms with Crippen LogP contribution in [0, 0.1) is 0 Å². The molecular formula is C21H20N2O3. The van der Waals surface area contributed by atoms with Gasteiger partial charge >= 0.3 is 0 Å². The number of fused-ring (bicyclic) bond motifs is 2. The predicted octanol–water partition coefficient (Wildman–Crippen LogP) is 3.10. The summed E-state index contributed by atoms with van der Waals surface area (Å²) >= 11 is 0. The summed E-state index contributed by atoms with van der Waals surface area (Å²) in [5.74, 6) is 0.494. The Labute approximate surface area is 150 Å². The molecule has 3 aromatic rings. The standard InChI is InChI=1S/C21H20N2O3/c1-12(22)13-7-8-18(20-16(13)6-3-11-26-20)19(24)15-4-2-5-17-14(15)9-10-23-21(17)25/h2,4-5,7-10,12H,3,6,11,22H2,1H3,(H,23,25)/t12-/m0/s1. The van der Waals surface area contributed by atoms with Gasteiger partial charge in [0.25, 0.3) is 5.56 Å². The molecule has 5 nitrogen and oxygen atoms in total. The Morgan fingerprint density at radius 2 is 2.00 bits per heavy atom. The molecule has 2 heterocycles. The zero-order valence-corrected chi connectivity index (χ0v) is 14.5. The molecule has 0 spiro atoms. The molecule has 0 aliphatic carbocycles. The van der Waals surface area contributed by atoms with Crippen molar-refractivity contribution >= 4 is 16.6 Å². The summed E-state index contributed by atoms with van der Waals surface area (Å²) in [5, 5.41) is 1.14. The first kappa shape index (κ1) is 16.5. The predicted molar refractivity (Wildman–Crippen MR) is 101 cm³/mol. The molecule has 4 rings (SSSR count). The van der Waals surface area contributed by atoms with Gasteiger partial charge in [-0.15, -0.1) is 0 Å². The zero-order chi connectivity index (χ0) is 18.3. The number of ether oxygens (including phenoxy) is 1. The van der Waals surface area contributed by atoms with Gasteiger partial charge in [0, 0.05) is 23.2 Å². The van der Waals surface area contributed by atoms with Crippen LogP contribution in [0.2, 0.25) is 0 Å². The van der Waals surface area contributed by atoms with E-state index < -0.39 is 0 Å². The number of rotatable bonds is 3. The number of hydrogen-bond acceptors (Lipinski definition) is 4. The van der Waals surface area contributed by atoms with Crippen LogP contribution in [0.1, 0.15) is 46.4 Å². The summed E-state index contributed by atoms with van der Waals surface area (Å²) in [7, 11) is 0. The Hall–Kier alpha value is -2.92. The van der Waals surface area contributed by atoms with Crippen LogP contribution in [-0.4, -0.2) is 17.4 Å². The average molecular weight is 348 g/mol. The maximum Gasteiger partial charge on any atom is 0.255 e. The molecule has 1 aromatic heterocycles. The van der Waals surface area contributed by atoms with E-state index in [1.807, 2.05) is 13.0 Å². The zero-order valence-electron chi connectivity index (χ0n) is 14.5. The van der Waals surface area contributed by atoms with Gasteiger partial charge < -0.3 is 15.5 Å². The Balaban J connectivity index is 1.91. The molecule has 5 heteroatoms. The molecular weight excluding hydrogens is 328 g/mol. The molecule has 0 saturated heterocycles. The van der Waals surface area contributed by atoms with Crippen molar-refractivity contribution in [3.8, 4) is 5.75 Å². The van der Waals surface area contributed by atoms with Crippen LogP contribution < -0.4 is 16.0 Å². The molecule has 1 aliphatic heterocycles. The number of nitrogens with one attached hydrogen (secondary N) is 1. The fraction of sp³-hybridized carbons (Fsp3) is 0.238. The molecule has 0 amide bonds. The topological polar surface area (TPSA) is 85.2 Å². The fourth-order valence-electron chi connectivity index (χ4n) is 3.66. The number of aromatic amines is 1. The van der Waals surface area contributed by atoms with E-state index >= 15 is 0 Å². The summed E-state index contributed by atoms with van der Waals surface area (Å²) in [5.41, 5.74) is 8.95. The first-order chi connectivity index (χ1) is 12.6. The van der Waals surface area contributed by atoms with Crippen LogP contribution in [0.4, 0.5) is 0 Å². The second kappa shape index (κ2) is 6.42. The number of H-pyrrole nitrogens is 1. The van der Waals surface area contributed by atoms with Crippen LogP contribution in [0.15, 0.2) is 47.4 Å². The lowest BCUT2D eigenvalue weighted by Gasteiger charge is -2.24. The molecule has 0 radical (unpaired) electrons. The van der Waals surface area contributed by atoms with Crippen molar-refractivity contribution in [2.75, 3.05) is 6.61 Å². The third-order valence-corrected chi connectivity index (χ3v) is 4.91. The van der Waals surface area contributed by atoms with Gasteiger partial charge in [0.15, 0.2) is 5.78 Å². The van der Waals surface area contributed by atoms with Gasteiger partial charge in [-0.05, 0) is 54.5 Å². The maximum absolute atomic E-state index is 13.3. The lowest BCUT2D eigenvalue weighted by molar-refractivity contribution is 0.103. The largest absolute Gasteiger partial charge is 0.493 e. The monoisotopic (exact) mass is 348 g/mol. The van der Waals surface area contributed by atoms with Gasteiger partial charge in [0.05, 0.1) is 12.2 Å². The number of pyridine rings is 1. The summed E-state index contributed by atoms with van der Waals surface area (Å²) < 4.78 is 5.88. The molecule has 1 atom stereocenters. The van der Waals surface area contributed by atoms with E-state index in [-0.39, 0.29) is 17.4 Å². The number of carbonyl (C=O) groups excluding carboxylic acids is 1.